The summed E-state index contributed by atoms with van der Waals surface area (Å²) in [5, 5.41) is 20.5. The standard InChI is InChI=1S/C7H17BN2O2/c1-7(9)4-6(10-5-7)2-3-8(11)12/h6,10-12H,2-5,9H2,1H3. The van der Waals surface area contributed by atoms with Crippen molar-refractivity contribution in [2.24, 2.45) is 5.73 Å². The van der Waals surface area contributed by atoms with Gasteiger partial charge in [-0.3, -0.25) is 0 Å². The lowest BCUT2D eigenvalue weighted by molar-refractivity contribution is 0.395. The van der Waals surface area contributed by atoms with Crippen LogP contribution in [0.1, 0.15) is 19.8 Å². The van der Waals surface area contributed by atoms with Gasteiger partial charge in [0, 0.05) is 18.1 Å². The van der Waals surface area contributed by atoms with Gasteiger partial charge in [-0.15, -0.1) is 0 Å². The van der Waals surface area contributed by atoms with E-state index in [9.17, 15) is 0 Å². The monoisotopic (exact) mass is 172 g/mol. The summed E-state index contributed by atoms with van der Waals surface area (Å²) >= 11 is 0. The van der Waals surface area contributed by atoms with Crippen molar-refractivity contribution in [1.82, 2.24) is 5.32 Å². The Bertz CT molecular complexity index is 152. The van der Waals surface area contributed by atoms with Gasteiger partial charge >= 0.3 is 7.12 Å². The second kappa shape index (κ2) is 3.74. The third-order valence-electron chi connectivity index (χ3n) is 2.28. The molecule has 1 heterocycles. The van der Waals surface area contributed by atoms with Crippen LogP contribution < -0.4 is 11.1 Å². The summed E-state index contributed by atoms with van der Waals surface area (Å²) in [6.45, 7) is 2.83. The van der Waals surface area contributed by atoms with Gasteiger partial charge in [0.2, 0.25) is 0 Å². The fourth-order valence-corrected chi connectivity index (χ4v) is 1.64. The van der Waals surface area contributed by atoms with E-state index < -0.39 is 7.12 Å². The smallest absolute Gasteiger partial charge is 0.427 e. The summed E-state index contributed by atoms with van der Waals surface area (Å²) in [6, 6.07) is 0.349. The van der Waals surface area contributed by atoms with Gasteiger partial charge in [0.25, 0.3) is 0 Å². The summed E-state index contributed by atoms with van der Waals surface area (Å²) in [6.07, 6.45) is 2.12. The fourth-order valence-electron chi connectivity index (χ4n) is 1.64. The molecule has 1 fully saturated rings. The molecule has 0 aromatic carbocycles. The molecule has 0 aromatic rings. The maximum atomic E-state index is 8.64. The van der Waals surface area contributed by atoms with Crippen molar-refractivity contribution in [2.45, 2.75) is 37.7 Å². The van der Waals surface area contributed by atoms with Crippen molar-refractivity contribution in [2.75, 3.05) is 6.54 Å². The van der Waals surface area contributed by atoms with Crippen LogP contribution in [-0.2, 0) is 0 Å². The van der Waals surface area contributed by atoms with Crippen LogP contribution in [0.15, 0.2) is 0 Å². The molecule has 70 valence electrons. The third-order valence-corrected chi connectivity index (χ3v) is 2.28. The van der Waals surface area contributed by atoms with E-state index >= 15 is 0 Å². The predicted molar refractivity (Wildman–Crippen MR) is 48.6 cm³/mol. The highest BCUT2D eigenvalue weighted by Gasteiger charge is 2.31. The van der Waals surface area contributed by atoms with Crippen molar-refractivity contribution in [1.29, 1.82) is 0 Å². The number of nitrogens with two attached hydrogens (primary N) is 1. The molecular formula is C7H17BN2O2. The fraction of sp³-hybridized carbons (Fsp3) is 1.00. The predicted octanol–water partition coefficient (Wildman–Crippen LogP) is -1.07. The van der Waals surface area contributed by atoms with Gasteiger partial charge in [-0.1, -0.05) is 0 Å². The molecule has 1 rings (SSSR count). The summed E-state index contributed by atoms with van der Waals surface area (Å²) in [7, 11) is -1.18. The SMILES string of the molecule is CC1(N)CNC(CCB(O)O)C1. The molecular weight excluding hydrogens is 155 g/mol. The van der Waals surface area contributed by atoms with Crippen molar-refractivity contribution < 1.29 is 10.0 Å². The molecule has 0 spiro atoms. The molecule has 0 aliphatic carbocycles. The Morgan fingerprint density at radius 3 is 2.75 bits per heavy atom. The summed E-state index contributed by atoms with van der Waals surface area (Å²) in [5.74, 6) is 0. The maximum absolute atomic E-state index is 8.64. The topological polar surface area (TPSA) is 78.5 Å². The van der Waals surface area contributed by atoms with E-state index in [2.05, 4.69) is 5.32 Å². The average Bonchev–Trinajstić information content (AvgIpc) is 2.26. The summed E-state index contributed by atoms with van der Waals surface area (Å²) < 4.78 is 0. The highest BCUT2D eigenvalue weighted by Crippen LogP contribution is 2.19. The van der Waals surface area contributed by atoms with Crippen LogP contribution in [0, 0.1) is 0 Å². The van der Waals surface area contributed by atoms with Crippen molar-refractivity contribution in [3.8, 4) is 0 Å². The van der Waals surface area contributed by atoms with Crippen molar-refractivity contribution in [3.05, 3.63) is 0 Å². The highest BCUT2D eigenvalue weighted by molar-refractivity contribution is 6.40. The molecule has 1 aliphatic rings. The van der Waals surface area contributed by atoms with Crippen LogP contribution in [0.2, 0.25) is 6.32 Å². The van der Waals surface area contributed by atoms with E-state index in [1.807, 2.05) is 6.92 Å². The Morgan fingerprint density at radius 1 is 1.67 bits per heavy atom. The molecule has 12 heavy (non-hydrogen) atoms. The Hall–Kier alpha value is -0.0951. The molecule has 4 nitrogen and oxygen atoms in total. The molecule has 5 heteroatoms. The Balaban J connectivity index is 2.20. The minimum absolute atomic E-state index is 0.120. The number of nitrogens with one attached hydrogen (secondary N) is 1. The molecule has 0 bridgehead atoms. The Labute approximate surface area is 73.3 Å². The Morgan fingerprint density at radius 2 is 2.33 bits per heavy atom. The van der Waals surface area contributed by atoms with Gasteiger partial charge in [0.1, 0.15) is 0 Å². The van der Waals surface area contributed by atoms with Gasteiger partial charge in [-0.2, -0.15) is 0 Å². The van der Waals surface area contributed by atoms with Crippen molar-refractivity contribution >= 4 is 7.12 Å². The number of rotatable bonds is 3. The molecule has 0 aromatic heterocycles. The lowest BCUT2D eigenvalue weighted by Gasteiger charge is -2.15. The van der Waals surface area contributed by atoms with Gasteiger partial charge in [0.15, 0.2) is 0 Å². The molecule has 0 radical (unpaired) electrons. The molecule has 0 saturated carbocycles. The average molecular weight is 172 g/mol. The first-order valence-electron chi connectivity index (χ1n) is 4.38. The van der Waals surface area contributed by atoms with Gasteiger partial charge in [0.05, 0.1) is 0 Å². The first-order chi connectivity index (χ1) is 5.49. The van der Waals surface area contributed by atoms with Crippen LogP contribution in [0.3, 0.4) is 0 Å². The second-order valence-corrected chi connectivity index (χ2v) is 3.99. The minimum atomic E-state index is -1.18. The van der Waals surface area contributed by atoms with Crippen LogP contribution >= 0.6 is 0 Å². The normalized spacial score (nSPS) is 35.5. The molecule has 5 N–H and O–H groups in total. The van der Waals surface area contributed by atoms with Crippen LogP contribution in [0.5, 0.6) is 0 Å². The third kappa shape index (κ3) is 3.10. The summed E-state index contributed by atoms with van der Waals surface area (Å²) in [5.41, 5.74) is 5.77. The van der Waals surface area contributed by atoms with Crippen LogP contribution in [0.25, 0.3) is 0 Å². The van der Waals surface area contributed by atoms with E-state index in [0.29, 0.717) is 12.4 Å². The van der Waals surface area contributed by atoms with E-state index in [1.165, 1.54) is 0 Å². The zero-order chi connectivity index (χ0) is 9.19. The summed E-state index contributed by atoms with van der Waals surface area (Å²) in [4.78, 5) is 0. The molecule has 1 aliphatic heterocycles. The van der Waals surface area contributed by atoms with E-state index in [0.717, 1.165) is 19.4 Å². The highest BCUT2D eigenvalue weighted by atomic mass is 16.4. The van der Waals surface area contributed by atoms with E-state index in [4.69, 9.17) is 15.8 Å². The molecule has 0 amide bonds. The molecule has 1 saturated heterocycles. The second-order valence-electron chi connectivity index (χ2n) is 3.99. The van der Waals surface area contributed by atoms with Crippen LogP contribution in [-0.4, -0.2) is 35.3 Å². The lowest BCUT2D eigenvalue weighted by Crippen LogP contribution is -2.37. The largest absolute Gasteiger partial charge is 0.451 e. The molecule has 2 unspecified atom stereocenters. The Kier molecular flexibility index (Phi) is 3.12. The molecule has 2 atom stereocenters. The first kappa shape index (κ1) is 9.99. The van der Waals surface area contributed by atoms with Crippen molar-refractivity contribution in [3.63, 3.8) is 0 Å². The minimum Gasteiger partial charge on any atom is -0.427 e. The van der Waals surface area contributed by atoms with E-state index in [-0.39, 0.29) is 5.54 Å². The van der Waals surface area contributed by atoms with E-state index in [1.54, 1.807) is 0 Å². The van der Waals surface area contributed by atoms with Gasteiger partial charge < -0.3 is 21.1 Å². The number of hydrogen-bond acceptors (Lipinski definition) is 4. The van der Waals surface area contributed by atoms with Crippen LogP contribution in [0.4, 0.5) is 0 Å². The zero-order valence-corrected chi connectivity index (χ0v) is 7.45. The van der Waals surface area contributed by atoms with Gasteiger partial charge in [-0.25, -0.2) is 0 Å². The van der Waals surface area contributed by atoms with Gasteiger partial charge in [-0.05, 0) is 26.1 Å². The quantitative estimate of drug-likeness (QED) is 0.408. The zero-order valence-electron chi connectivity index (χ0n) is 7.45. The lowest BCUT2D eigenvalue weighted by atomic mass is 9.82. The maximum Gasteiger partial charge on any atom is 0.451 e. The first-order valence-corrected chi connectivity index (χ1v) is 4.38. The number of hydrogen-bond donors (Lipinski definition) is 4.